The Balaban J connectivity index is 0.000000192. The average Bonchev–Trinajstić information content (AvgIpc) is 3.61. The molecule has 11 nitrogen and oxygen atoms in total. The number of hydrogen-bond acceptors (Lipinski definition) is 9. The number of ether oxygens (including phenoxy) is 1. The summed E-state index contributed by atoms with van der Waals surface area (Å²) in [5.74, 6) is 0.844. The average molecular weight is 462 g/mol. The molecule has 176 valence electrons. The highest BCUT2D eigenvalue weighted by Gasteiger charge is 2.12. The Kier molecular flexibility index (Phi) is 8.01. The minimum absolute atomic E-state index is 0.295. The van der Waals surface area contributed by atoms with Gasteiger partial charge in [0.2, 0.25) is 11.6 Å². The van der Waals surface area contributed by atoms with Crippen molar-refractivity contribution in [1.82, 2.24) is 46.1 Å². The molecule has 1 saturated heterocycles. The van der Waals surface area contributed by atoms with Crippen LogP contribution in [-0.2, 0) is 4.74 Å². The fourth-order valence-corrected chi connectivity index (χ4v) is 3.56. The second-order valence-corrected chi connectivity index (χ2v) is 7.95. The van der Waals surface area contributed by atoms with Gasteiger partial charge in [-0.2, -0.15) is 10.4 Å². The van der Waals surface area contributed by atoms with Crippen LogP contribution in [-0.4, -0.2) is 78.4 Å². The number of piperidine rings is 1. The van der Waals surface area contributed by atoms with E-state index in [1.54, 1.807) is 24.3 Å². The number of tetrazole rings is 2. The molecule has 4 aromatic rings. The SMILES string of the molecule is Cc1ccc(-c2nn[nH]n2)cc1.O=C(OCCN1CCCCC1)c1ccc(-c2nn[nH]n2)cc1. The maximum absolute atomic E-state index is 12.0. The zero-order valence-corrected chi connectivity index (χ0v) is 19.0. The number of nitrogens with one attached hydrogen (secondary N) is 2. The van der Waals surface area contributed by atoms with Gasteiger partial charge < -0.3 is 4.74 Å². The summed E-state index contributed by atoms with van der Waals surface area (Å²) in [5.41, 5.74) is 3.54. The summed E-state index contributed by atoms with van der Waals surface area (Å²) in [5, 5.41) is 27.3. The highest BCUT2D eigenvalue weighted by atomic mass is 16.5. The molecule has 1 aliphatic rings. The Morgan fingerprint density at radius 3 is 1.94 bits per heavy atom. The van der Waals surface area contributed by atoms with Gasteiger partial charge in [0.05, 0.1) is 5.56 Å². The van der Waals surface area contributed by atoms with Crippen molar-refractivity contribution < 1.29 is 9.53 Å². The summed E-state index contributed by atoms with van der Waals surface area (Å²) in [6.07, 6.45) is 3.79. The number of rotatable bonds is 6. The van der Waals surface area contributed by atoms with Crippen molar-refractivity contribution in [3.8, 4) is 22.8 Å². The third kappa shape index (κ3) is 6.51. The fraction of sp³-hybridized carbons (Fsp3) is 0.348. The highest BCUT2D eigenvalue weighted by Crippen LogP contribution is 2.15. The van der Waals surface area contributed by atoms with E-state index < -0.39 is 0 Å². The van der Waals surface area contributed by atoms with E-state index >= 15 is 0 Å². The lowest BCUT2D eigenvalue weighted by atomic mass is 10.1. The Morgan fingerprint density at radius 2 is 1.41 bits per heavy atom. The van der Waals surface area contributed by atoms with Crippen molar-refractivity contribution in [2.75, 3.05) is 26.2 Å². The number of carbonyl (C=O) groups excluding carboxylic acids is 1. The summed E-state index contributed by atoms with van der Waals surface area (Å²) < 4.78 is 5.33. The number of carbonyl (C=O) groups is 1. The Bertz CT molecular complexity index is 1120. The maximum Gasteiger partial charge on any atom is 0.338 e. The molecule has 1 aliphatic heterocycles. The van der Waals surface area contributed by atoms with Crippen LogP contribution in [0.5, 0.6) is 0 Å². The van der Waals surface area contributed by atoms with Crippen molar-refractivity contribution in [2.45, 2.75) is 26.2 Å². The first-order valence-corrected chi connectivity index (χ1v) is 11.2. The van der Waals surface area contributed by atoms with E-state index in [0.29, 0.717) is 23.8 Å². The standard InChI is InChI=1S/C15H19N5O2.C8H8N4/c21-15(22-11-10-20-8-2-1-3-9-20)13-6-4-12(5-7-13)14-16-18-19-17-14;1-6-2-4-7(5-3-6)8-9-11-12-10-8/h4-7H,1-3,8-11H2,(H,16,17,18,19);2-5H,1H3,(H,9,10,11,12). The van der Waals surface area contributed by atoms with Gasteiger partial charge in [0.1, 0.15) is 6.61 Å². The molecule has 2 N–H and O–H groups in total. The molecule has 0 amide bonds. The number of H-pyrrole nitrogens is 2. The van der Waals surface area contributed by atoms with E-state index in [9.17, 15) is 4.79 Å². The molecule has 0 aliphatic carbocycles. The normalized spacial score (nSPS) is 13.7. The van der Waals surface area contributed by atoms with Gasteiger partial charge in [-0.3, -0.25) is 4.90 Å². The van der Waals surface area contributed by atoms with Crippen LogP contribution in [0.2, 0.25) is 0 Å². The van der Waals surface area contributed by atoms with Crippen LogP contribution in [0, 0.1) is 6.92 Å². The molecule has 0 radical (unpaired) electrons. The van der Waals surface area contributed by atoms with Gasteiger partial charge in [-0.1, -0.05) is 48.4 Å². The number of aryl methyl sites for hydroxylation is 1. The number of likely N-dealkylation sites (tertiary alicyclic amines) is 1. The van der Waals surface area contributed by atoms with E-state index in [-0.39, 0.29) is 5.97 Å². The van der Waals surface area contributed by atoms with Crippen molar-refractivity contribution in [1.29, 1.82) is 0 Å². The van der Waals surface area contributed by atoms with E-state index in [1.165, 1.54) is 24.8 Å². The zero-order valence-electron chi connectivity index (χ0n) is 19.0. The Morgan fingerprint density at radius 1 is 0.853 bits per heavy atom. The van der Waals surface area contributed by atoms with Gasteiger partial charge in [0, 0.05) is 17.7 Å². The lowest BCUT2D eigenvalue weighted by Crippen LogP contribution is -2.33. The van der Waals surface area contributed by atoms with Gasteiger partial charge in [-0.15, -0.1) is 20.4 Å². The predicted molar refractivity (Wildman–Crippen MR) is 125 cm³/mol. The lowest BCUT2D eigenvalue weighted by Gasteiger charge is -2.25. The molecule has 0 bridgehead atoms. The Labute approximate surface area is 196 Å². The molecule has 34 heavy (non-hydrogen) atoms. The van der Waals surface area contributed by atoms with Crippen molar-refractivity contribution in [3.05, 3.63) is 59.7 Å². The van der Waals surface area contributed by atoms with Crippen LogP contribution in [0.4, 0.5) is 0 Å². The van der Waals surface area contributed by atoms with Crippen LogP contribution in [0.25, 0.3) is 22.8 Å². The van der Waals surface area contributed by atoms with E-state index in [0.717, 1.165) is 30.8 Å². The van der Waals surface area contributed by atoms with Crippen LogP contribution in [0.15, 0.2) is 48.5 Å². The summed E-state index contributed by atoms with van der Waals surface area (Å²) in [6, 6.07) is 15.0. The van der Waals surface area contributed by atoms with Crippen molar-refractivity contribution in [3.63, 3.8) is 0 Å². The van der Waals surface area contributed by atoms with Gasteiger partial charge in [-0.05, 0) is 55.4 Å². The Hall–Kier alpha value is -3.99. The topological polar surface area (TPSA) is 138 Å². The van der Waals surface area contributed by atoms with Crippen LogP contribution >= 0.6 is 0 Å². The molecule has 2 aromatic carbocycles. The number of aromatic nitrogens is 8. The quantitative estimate of drug-likeness (QED) is 0.415. The minimum Gasteiger partial charge on any atom is -0.461 e. The van der Waals surface area contributed by atoms with E-state index in [1.807, 2.05) is 31.2 Å². The van der Waals surface area contributed by atoms with Crippen LogP contribution < -0.4 is 0 Å². The van der Waals surface area contributed by atoms with Gasteiger partial charge in [-0.25, -0.2) is 4.79 Å². The molecule has 11 heteroatoms. The molecule has 1 fully saturated rings. The molecular formula is C23H27N9O2. The molecule has 3 heterocycles. The van der Waals surface area contributed by atoms with Crippen LogP contribution in [0.3, 0.4) is 0 Å². The van der Waals surface area contributed by atoms with Gasteiger partial charge in [0.15, 0.2) is 0 Å². The van der Waals surface area contributed by atoms with Crippen LogP contribution in [0.1, 0.15) is 35.2 Å². The van der Waals surface area contributed by atoms with Crippen molar-refractivity contribution >= 4 is 5.97 Å². The first-order valence-electron chi connectivity index (χ1n) is 11.2. The fourth-order valence-electron chi connectivity index (χ4n) is 3.56. The zero-order chi connectivity index (χ0) is 23.6. The second kappa shape index (κ2) is 11.8. The molecular weight excluding hydrogens is 434 g/mol. The molecule has 0 unspecified atom stereocenters. The first-order chi connectivity index (χ1) is 16.7. The number of nitrogens with zero attached hydrogens (tertiary/aromatic N) is 7. The molecule has 5 rings (SSSR count). The number of aromatic amines is 2. The monoisotopic (exact) mass is 461 g/mol. The largest absolute Gasteiger partial charge is 0.461 e. The predicted octanol–water partition coefficient (Wildman–Crippen LogP) is 2.68. The third-order valence-corrected chi connectivity index (χ3v) is 5.47. The van der Waals surface area contributed by atoms with E-state index in [2.05, 4.69) is 46.1 Å². The van der Waals surface area contributed by atoms with Gasteiger partial charge >= 0.3 is 5.97 Å². The third-order valence-electron chi connectivity index (χ3n) is 5.47. The highest BCUT2D eigenvalue weighted by molar-refractivity contribution is 5.89. The molecule has 0 saturated carbocycles. The molecule has 2 aromatic heterocycles. The first kappa shape index (κ1) is 23.2. The smallest absolute Gasteiger partial charge is 0.338 e. The maximum atomic E-state index is 12.0. The summed E-state index contributed by atoms with van der Waals surface area (Å²) >= 11 is 0. The molecule has 0 spiro atoms. The minimum atomic E-state index is -0.295. The molecule has 0 atom stereocenters. The summed E-state index contributed by atoms with van der Waals surface area (Å²) in [7, 11) is 0. The van der Waals surface area contributed by atoms with Gasteiger partial charge in [0.25, 0.3) is 0 Å². The second-order valence-electron chi connectivity index (χ2n) is 7.95. The van der Waals surface area contributed by atoms with Crippen molar-refractivity contribution in [2.24, 2.45) is 0 Å². The number of hydrogen-bond donors (Lipinski definition) is 2. The summed E-state index contributed by atoms with van der Waals surface area (Å²) in [4.78, 5) is 14.3. The lowest BCUT2D eigenvalue weighted by molar-refractivity contribution is 0.0452. The summed E-state index contributed by atoms with van der Waals surface area (Å²) in [6.45, 7) is 5.51. The number of benzene rings is 2. The number of esters is 1. The van der Waals surface area contributed by atoms with E-state index in [4.69, 9.17) is 4.74 Å².